The molecule has 0 spiro atoms. The third-order valence-electron chi connectivity index (χ3n) is 3.56. The maximum Gasteiger partial charge on any atom is 0.275 e. The number of halogens is 3. The summed E-state index contributed by atoms with van der Waals surface area (Å²) < 4.78 is 5.14. The van der Waals surface area contributed by atoms with Gasteiger partial charge in [0.1, 0.15) is 11.4 Å². The van der Waals surface area contributed by atoms with E-state index in [0.717, 1.165) is 16.3 Å². The molecule has 0 saturated heterocycles. The van der Waals surface area contributed by atoms with Gasteiger partial charge in [0.15, 0.2) is 0 Å². The molecule has 3 aromatic rings. The van der Waals surface area contributed by atoms with E-state index in [1.807, 2.05) is 24.3 Å². The van der Waals surface area contributed by atoms with Crippen LogP contribution in [0.15, 0.2) is 41.8 Å². The summed E-state index contributed by atoms with van der Waals surface area (Å²) in [6.07, 6.45) is 0.634. The molecule has 0 unspecified atom stereocenters. The average molecular weight is 428 g/mol. The topological polar surface area (TPSA) is 51.2 Å². The van der Waals surface area contributed by atoms with E-state index in [9.17, 15) is 4.79 Å². The van der Waals surface area contributed by atoms with Gasteiger partial charge in [-0.15, -0.1) is 11.3 Å². The van der Waals surface area contributed by atoms with Gasteiger partial charge in [-0.25, -0.2) is 4.98 Å². The monoisotopic (exact) mass is 426 g/mol. The zero-order valence-corrected chi connectivity index (χ0v) is 16.6. The fourth-order valence-electron chi connectivity index (χ4n) is 2.22. The lowest BCUT2D eigenvalue weighted by molar-refractivity contribution is 0.102. The highest BCUT2D eigenvalue weighted by atomic mass is 35.5. The van der Waals surface area contributed by atoms with Crippen LogP contribution in [0.2, 0.25) is 15.1 Å². The number of benzene rings is 2. The van der Waals surface area contributed by atoms with E-state index >= 15 is 0 Å². The number of carbonyl (C=O) groups is 1. The molecular weight excluding hydrogens is 415 g/mol. The van der Waals surface area contributed by atoms with Gasteiger partial charge in [0.05, 0.1) is 32.9 Å². The van der Waals surface area contributed by atoms with E-state index in [1.165, 1.54) is 23.5 Å². The molecule has 0 radical (unpaired) electrons. The van der Waals surface area contributed by atoms with Gasteiger partial charge >= 0.3 is 0 Å². The fraction of sp³-hybridized carbons (Fsp3) is 0.111. The number of hydrogen-bond acceptors (Lipinski definition) is 4. The molecule has 1 aromatic heterocycles. The lowest BCUT2D eigenvalue weighted by atomic mass is 10.1. The molecule has 0 aliphatic carbocycles. The van der Waals surface area contributed by atoms with E-state index in [-0.39, 0.29) is 5.91 Å². The number of anilines is 1. The first-order valence-corrected chi connectivity index (χ1v) is 9.51. The second kappa shape index (κ2) is 8.27. The fourth-order valence-corrected chi connectivity index (χ4v) is 3.62. The summed E-state index contributed by atoms with van der Waals surface area (Å²) in [6, 6.07) is 10.7. The number of rotatable bonds is 5. The standard InChI is InChI=1S/C18H13Cl3N2O2S/c1-25-11-4-2-10(3-5-11)6-17-22-16(9-26-17)18(24)23-15-8-13(20)12(19)7-14(15)21/h2-5,7-9H,6H2,1H3,(H,23,24). The normalized spacial score (nSPS) is 10.6. The molecule has 0 atom stereocenters. The lowest BCUT2D eigenvalue weighted by Gasteiger charge is -2.07. The van der Waals surface area contributed by atoms with Crippen LogP contribution in [0.3, 0.4) is 0 Å². The molecule has 0 aliphatic rings. The van der Waals surface area contributed by atoms with Crippen molar-refractivity contribution in [2.75, 3.05) is 12.4 Å². The minimum absolute atomic E-state index is 0.307. The molecule has 3 rings (SSSR count). The van der Waals surface area contributed by atoms with Gasteiger partial charge in [0.25, 0.3) is 5.91 Å². The molecule has 1 amide bonds. The Morgan fingerprint density at radius 2 is 1.81 bits per heavy atom. The summed E-state index contributed by atoms with van der Waals surface area (Å²) >= 11 is 19.4. The lowest BCUT2D eigenvalue weighted by Crippen LogP contribution is -2.12. The molecule has 1 heterocycles. The van der Waals surface area contributed by atoms with Gasteiger partial charge in [0, 0.05) is 11.8 Å². The Morgan fingerprint density at radius 1 is 1.12 bits per heavy atom. The van der Waals surface area contributed by atoms with E-state index < -0.39 is 0 Å². The summed E-state index contributed by atoms with van der Waals surface area (Å²) in [5.41, 5.74) is 1.79. The molecule has 26 heavy (non-hydrogen) atoms. The van der Waals surface area contributed by atoms with Crippen LogP contribution in [0.25, 0.3) is 0 Å². The van der Waals surface area contributed by atoms with Gasteiger partial charge in [-0.1, -0.05) is 46.9 Å². The average Bonchev–Trinajstić information content (AvgIpc) is 3.09. The number of hydrogen-bond donors (Lipinski definition) is 1. The zero-order valence-electron chi connectivity index (χ0n) is 13.6. The van der Waals surface area contributed by atoms with Gasteiger partial charge in [-0.2, -0.15) is 0 Å². The highest BCUT2D eigenvalue weighted by molar-refractivity contribution is 7.09. The number of carbonyl (C=O) groups excluding carboxylic acids is 1. The van der Waals surface area contributed by atoms with Crippen molar-refractivity contribution in [2.45, 2.75) is 6.42 Å². The largest absolute Gasteiger partial charge is 0.497 e. The number of nitrogens with zero attached hydrogens (tertiary/aromatic N) is 1. The highest BCUT2D eigenvalue weighted by Crippen LogP contribution is 2.32. The van der Waals surface area contributed by atoms with E-state index in [4.69, 9.17) is 39.5 Å². The molecule has 8 heteroatoms. The molecule has 0 aliphatic heterocycles. The number of nitrogens with one attached hydrogen (secondary N) is 1. The van der Waals surface area contributed by atoms with Crippen LogP contribution in [-0.2, 0) is 6.42 Å². The highest BCUT2D eigenvalue weighted by Gasteiger charge is 2.14. The third-order valence-corrected chi connectivity index (χ3v) is 5.44. The maximum absolute atomic E-state index is 12.4. The minimum atomic E-state index is -0.359. The van der Waals surface area contributed by atoms with Crippen molar-refractivity contribution in [3.8, 4) is 5.75 Å². The van der Waals surface area contributed by atoms with Crippen molar-refractivity contribution >= 4 is 57.7 Å². The molecular formula is C18H13Cl3N2O2S. The Kier molecular flexibility index (Phi) is 6.04. The maximum atomic E-state index is 12.4. The first-order chi connectivity index (χ1) is 12.5. The van der Waals surface area contributed by atoms with Crippen molar-refractivity contribution in [1.29, 1.82) is 0 Å². The van der Waals surface area contributed by atoms with Crippen molar-refractivity contribution in [2.24, 2.45) is 0 Å². The number of thiazole rings is 1. The van der Waals surface area contributed by atoms with Crippen LogP contribution in [-0.4, -0.2) is 18.0 Å². The number of ether oxygens (including phenoxy) is 1. The van der Waals surface area contributed by atoms with E-state index in [2.05, 4.69) is 10.3 Å². The summed E-state index contributed by atoms with van der Waals surface area (Å²) in [4.78, 5) is 16.8. The van der Waals surface area contributed by atoms with Crippen molar-refractivity contribution in [3.63, 3.8) is 0 Å². The first-order valence-electron chi connectivity index (χ1n) is 7.49. The SMILES string of the molecule is COc1ccc(Cc2nc(C(=O)Nc3cc(Cl)c(Cl)cc3Cl)cs2)cc1. The summed E-state index contributed by atoms with van der Waals surface area (Å²) in [5.74, 6) is 0.439. The predicted molar refractivity (Wildman–Crippen MR) is 107 cm³/mol. The number of aromatic nitrogens is 1. The van der Waals surface area contributed by atoms with Crippen LogP contribution in [0.1, 0.15) is 21.1 Å². The molecule has 0 saturated carbocycles. The first kappa shape index (κ1) is 19.0. The third kappa shape index (κ3) is 4.48. The van der Waals surface area contributed by atoms with E-state index in [1.54, 1.807) is 12.5 Å². The van der Waals surface area contributed by atoms with Crippen LogP contribution < -0.4 is 10.1 Å². The molecule has 134 valence electrons. The van der Waals surface area contributed by atoms with Crippen LogP contribution in [0, 0.1) is 0 Å². The Labute approximate surface area is 169 Å². The summed E-state index contributed by atoms with van der Waals surface area (Å²) in [7, 11) is 1.63. The van der Waals surface area contributed by atoms with Gasteiger partial charge in [-0.3, -0.25) is 4.79 Å². The Hall–Kier alpha value is -1.79. The predicted octanol–water partition coefficient (Wildman–Crippen LogP) is 5.96. The van der Waals surface area contributed by atoms with E-state index in [0.29, 0.717) is 32.9 Å². The van der Waals surface area contributed by atoms with Crippen LogP contribution >= 0.6 is 46.1 Å². The quantitative estimate of drug-likeness (QED) is 0.511. The molecule has 1 N–H and O–H groups in total. The molecule has 0 fully saturated rings. The smallest absolute Gasteiger partial charge is 0.275 e. The Bertz CT molecular complexity index is 942. The number of amides is 1. The van der Waals surface area contributed by atoms with Crippen LogP contribution in [0.5, 0.6) is 5.75 Å². The van der Waals surface area contributed by atoms with Gasteiger partial charge < -0.3 is 10.1 Å². The van der Waals surface area contributed by atoms with Gasteiger partial charge in [0.2, 0.25) is 0 Å². The van der Waals surface area contributed by atoms with Crippen molar-refractivity contribution < 1.29 is 9.53 Å². The number of methoxy groups -OCH3 is 1. The zero-order chi connectivity index (χ0) is 18.7. The molecule has 0 bridgehead atoms. The molecule has 2 aromatic carbocycles. The van der Waals surface area contributed by atoms with Crippen molar-refractivity contribution in [3.05, 3.63) is 73.1 Å². The minimum Gasteiger partial charge on any atom is -0.497 e. The van der Waals surface area contributed by atoms with Gasteiger partial charge in [-0.05, 0) is 29.8 Å². The Balaban J connectivity index is 1.70. The second-order valence-electron chi connectivity index (χ2n) is 5.35. The summed E-state index contributed by atoms with van der Waals surface area (Å²) in [5, 5.41) is 6.18. The molecule has 4 nitrogen and oxygen atoms in total. The second-order valence-corrected chi connectivity index (χ2v) is 7.52. The van der Waals surface area contributed by atoms with Crippen LogP contribution in [0.4, 0.5) is 5.69 Å². The summed E-state index contributed by atoms with van der Waals surface area (Å²) in [6.45, 7) is 0. The van der Waals surface area contributed by atoms with Crippen molar-refractivity contribution in [1.82, 2.24) is 4.98 Å². The Morgan fingerprint density at radius 3 is 2.50 bits per heavy atom.